The minimum absolute atomic E-state index is 0.256. The molecule has 0 saturated carbocycles. The number of carbonyl (C=O) groups is 1. The van der Waals surface area contributed by atoms with Gasteiger partial charge in [0.05, 0.1) is 16.6 Å². The van der Waals surface area contributed by atoms with Crippen molar-refractivity contribution in [3.05, 3.63) is 41.2 Å². The van der Waals surface area contributed by atoms with Gasteiger partial charge in [0, 0.05) is 17.4 Å². The monoisotopic (exact) mass is 325 g/mol. The Balaban J connectivity index is 1.68. The molecule has 2 aromatic heterocycles. The van der Waals surface area contributed by atoms with Gasteiger partial charge in [-0.25, -0.2) is 4.98 Å². The van der Waals surface area contributed by atoms with E-state index in [9.17, 15) is 4.79 Å². The summed E-state index contributed by atoms with van der Waals surface area (Å²) in [6, 6.07) is 7.03. The van der Waals surface area contributed by atoms with Crippen molar-refractivity contribution in [3.63, 3.8) is 0 Å². The molecule has 0 bridgehead atoms. The Labute approximate surface area is 137 Å². The maximum absolute atomic E-state index is 12.7. The van der Waals surface area contributed by atoms with Crippen LogP contribution in [0.2, 0.25) is 0 Å². The number of fused-ring (bicyclic) bond motifs is 2. The van der Waals surface area contributed by atoms with E-state index in [0.717, 1.165) is 0 Å². The van der Waals surface area contributed by atoms with Gasteiger partial charge in [0.2, 0.25) is 0 Å². The van der Waals surface area contributed by atoms with Crippen LogP contribution in [0.5, 0.6) is 11.5 Å². The van der Waals surface area contributed by atoms with Gasteiger partial charge >= 0.3 is 0 Å². The smallest absolute Gasteiger partial charge is 0.258 e. The summed E-state index contributed by atoms with van der Waals surface area (Å²) in [5.74, 6) is 1.04. The zero-order chi connectivity index (χ0) is 16.7. The first-order chi connectivity index (χ1) is 11.6. The standard InChI is InChI=1S/C17H15N3O4/c1-9-7-12(15-10(2)20-24-17(15)18-9)16(21)19-11-3-4-13-14(8-11)23-6-5-22-13/h3-4,7-8H,5-6H2,1-2H3,(H,19,21). The zero-order valence-electron chi connectivity index (χ0n) is 13.3. The van der Waals surface area contributed by atoms with Gasteiger partial charge in [-0.3, -0.25) is 4.79 Å². The van der Waals surface area contributed by atoms with Gasteiger partial charge < -0.3 is 19.3 Å². The summed E-state index contributed by atoms with van der Waals surface area (Å²) in [5.41, 5.74) is 2.78. The number of carbonyl (C=O) groups excluding carboxylic acids is 1. The van der Waals surface area contributed by atoms with Crippen LogP contribution in [0.15, 0.2) is 28.8 Å². The lowest BCUT2D eigenvalue weighted by atomic mass is 10.1. The normalized spacial score (nSPS) is 13.1. The molecule has 0 radical (unpaired) electrons. The molecule has 1 aromatic carbocycles. The Kier molecular flexibility index (Phi) is 3.34. The number of anilines is 1. The first kappa shape index (κ1) is 14.5. The van der Waals surface area contributed by atoms with Crippen LogP contribution in [0.3, 0.4) is 0 Å². The first-order valence-electron chi connectivity index (χ1n) is 7.56. The van der Waals surface area contributed by atoms with E-state index < -0.39 is 0 Å². The molecule has 3 aromatic rings. The summed E-state index contributed by atoms with van der Waals surface area (Å²) in [6.45, 7) is 4.61. The number of rotatable bonds is 2. The molecule has 7 heteroatoms. The van der Waals surface area contributed by atoms with Crippen LogP contribution in [-0.2, 0) is 0 Å². The molecule has 7 nitrogen and oxygen atoms in total. The van der Waals surface area contributed by atoms with E-state index in [1.54, 1.807) is 38.1 Å². The maximum atomic E-state index is 12.7. The number of amides is 1. The third kappa shape index (κ3) is 2.44. The van der Waals surface area contributed by atoms with E-state index in [0.29, 0.717) is 58.5 Å². The number of ether oxygens (including phenoxy) is 2. The van der Waals surface area contributed by atoms with Crippen LogP contribution in [0.1, 0.15) is 21.7 Å². The fraction of sp³-hybridized carbons (Fsp3) is 0.235. The van der Waals surface area contributed by atoms with Gasteiger partial charge in [-0.15, -0.1) is 0 Å². The van der Waals surface area contributed by atoms with E-state index in [1.807, 2.05) is 0 Å². The number of aryl methyl sites for hydroxylation is 2. The SMILES string of the molecule is Cc1cc(C(=O)Nc2ccc3c(c2)OCCO3)c2c(C)noc2n1. The fourth-order valence-electron chi connectivity index (χ4n) is 2.72. The van der Waals surface area contributed by atoms with Gasteiger partial charge in [0.1, 0.15) is 13.2 Å². The second-order valence-corrected chi connectivity index (χ2v) is 5.57. The van der Waals surface area contributed by atoms with Crippen LogP contribution in [0.4, 0.5) is 5.69 Å². The molecule has 24 heavy (non-hydrogen) atoms. The Morgan fingerprint density at radius 3 is 2.75 bits per heavy atom. The number of pyridine rings is 1. The molecule has 0 atom stereocenters. The van der Waals surface area contributed by atoms with Gasteiger partial charge in [0.25, 0.3) is 11.6 Å². The van der Waals surface area contributed by atoms with Gasteiger partial charge in [0.15, 0.2) is 11.5 Å². The summed E-state index contributed by atoms with van der Waals surface area (Å²) in [4.78, 5) is 17.0. The topological polar surface area (TPSA) is 86.5 Å². The Hall–Kier alpha value is -3.09. The number of nitrogens with one attached hydrogen (secondary N) is 1. The summed E-state index contributed by atoms with van der Waals surface area (Å²) >= 11 is 0. The summed E-state index contributed by atoms with van der Waals surface area (Å²) in [5, 5.41) is 7.38. The van der Waals surface area contributed by atoms with Crippen molar-refractivity contribution in [1.82, 2.24) is 10.1 Å². The highest BCUT2D eigenvalue weighted by molar-refractivity contribution is 6.12. The van der Waals surface area contributed by atoms with Crippen molar-refractivity contribution in [3.8, 4) is 11.5 Å². The predicted octanol–water partition coefficient (Wildman–Crippen LogP) is 2.86. The van der Waals surface area contributed by atoms with Gasteiger partial charge in [-0.2, -0.15) is 0 Å². The molecule has 1 amide bonds. The summed E-state index contributed by atoms with van der Waals surface area (Å²) in [6.07, 6.45) is 0. The fourth-order valence-corrected chi connectivity index (χ4v) is 2.72. The third-order valence-electron chi connectivity index (χ3n) is 3.79. The van der Waals surface area contributed by atoms with Crippen molar-refractivity contribution in [2.75, 3.05) is 18.5 Å². The molecule has 0 spiro atoms. The first-order valence-corrected chi connectivity index (χ1v) is 7.56. The van der Waals surface area contributed by atoms with Crippen LogP contribution in [0.25, 0.3) is 11.1 Å². The number of benzene rings is 1. The predicted molar refractivity (Wildman–Crippen MR) is 86.7 cm³/mol. The van der Waals surface area contributed by atoms with E-state index in [4.69, 9.17) is 14.0 Å². The van der Waals surface area contributed by atoms with Crippen molar-refractivity contribution in [2.45, 2.75) is 13.8 Å². The third-order valence-corrected chi connectivity index (χ3v) is 3.79. The zero-order valence-corrected chi connectivity index (χ0v) is 13.3. The minimum atomic E-state index is -0.256. The van der Waals surface area contributed by atoms with E-state index in [1.165, 1.54) is 0 Å². The number of hydrogen-bond donors (Lipinski definition) is 1. The van der Waals surface area contributed by atoms with Crippen LogP contribution in [0, 0.1) is 13.8 Å². The molecule has 0 aliphatic carbocycles. The molecule has 1 N–H and O–H groups in total. The quantitative estimate of drug-likeness (QED) is 0.779. The lowest BCUT2D eigenvalue weighted by Crippen LogP contribution is -2.16. The summed E-state index contributed by atoms with van der Waals surface area (Å²) in [7, 11) is 0. The molecule has 122 valence electrons. The summed E-state index contributed by atoms with van der Waals surface area (Å²) < 4.78 is 16.2. The van der Waals surface area contributed by atoms with Crippen molar-refractivity contribution in [1.29, 1.82) is 0 Å². The highest BCUT2D eigenvalue weighted by Crippen LogP contribution is 2.33. The van der Waals surface area contributed by atoms with Crippen molar-refractivity contribution >= 4 is 22.7 Å². The molecular weight excluding hydrogens is 310 g/mol. The molecule has 0 fully saturated rings. The Morgan fingerprint density at radius 2 is 1.92 bits per heavy atom. The molecule has 1 aliphatic heterocycles. The van der Waals surface area contributed by atoms with E-state index in [2.05, 4.69) is 15.5 Å². The molecule has 0 saturated heterocycles. The second kappa shape index (κ2) is 5.52. The van der Waals surface area contributed by atoms with Crippen LogP contribution >= 0.6 is 0 Å². The minimum Gasteiger partial charge on any atom is -0.486 e. The van der Waals surface area contributed by atoms with E-state index in [-0.39, 0.29) is 5.91 Å². The largest absolute Gasteiger partial charge is 0.486 e. The Bertz CT molecular complexity index is 948. The molecule has 1 aliphatic rings. The van der Waals surface area contributed by atoms with Gasteiger partial charge in [-0.1, -0.05) is 5.16 Å². The molecule has 3 heterocycles. The average Bonchev–Trinajstić information content (AvgIpc) is 2.95. The maximum Gasteiger partial charge on any atom is 0.258 e. The van der Waals surface area contributed by atoms with E-state index >= 15 is 0 Å². The molecular formula is C17H15N3O4. The number of nitrogens with zero attached hydrogens (tertiary/aromatic N) is 2. The molecule has 0 unspecified atom stereocenters. The van der Waals surface area contributed by atoms with Crippen LogP contribution in [-0.4, -0.2) is 29.3 Å². The second-order valence-electron chi connectivity index (χ2n) is 5.57. The highest BCUT2D eigenvalue weighted by Gasteiger charge is 2.19. The number of aromatic nitrogens is 2. The molecule has 4 rings (SSSR count). The van der Waals surface area contributed by atoms with Crippen LogP contribution < -0.4 is 14.8 Å². The van der Waals surface area contributed by atoms with Crippen molar-refractivity contribution in [2.24, 2.45) is 0 Å². The highest BCUT2D eigenvalue weighted by atomic mass is 16.6. The van der Waals surface area contributed by atoms with Gasteiger partial charge in [-0.05, 0) is 32.0 Å². The Morgan fingerprint density at radius 1 is 1.12 bits per heavy atom. The van der Waals surface area contributed by atoms with Crippen molar-refractivity contribution < 1.29 is 18.8 Å². The number of hydrogen-bond acceptors (Lipinski definition) is 6. The lowest BCUT2D eigenvalue weighted by Gasteiger charge is -2.19. The average molecular weight is 325 g/mol. The lowest BCUT2D eigenvalue weighted by molar-refractivity contribution is 0.102.